The molecule has 246 valence electrons. The van der Waals surface area contributed by atoms with Crippen molar-refractivity contribution in [3.63, 3.8) is 0 Å². The zero-order chi connectivity index (χ0) is 32.0. The second kappa shape index (κ2) is 18.7. The molecule has 14 nitrogen and oxygen atoms in total. The summed E-state index contributed by atoms with van der Waals surface area (Å²) < 4.78 is 38.3. The number of aliphatic carboxylic acids is 1. The molecule has 0 amide bonds. The van der Waals surface area contributed by atoms with Crippen LogP contribution in [0.4, 0.5) is 5.82 Å². The van der Waals surface area contributed by atoms with Gasteiger partial charge in [-0.15, -0.1) is 0 Å². The Morgan fingerprint density at radius 2 is 1.67 bits per heavy atom. The van der Waals surface area contributed by atoms with E-state index in [2.05, 4.69) is 21.9 Å². The third-order valence-corrected chi connectivity index (χ3v) is 9.91. The molecule has 16 heteroatoms. The number of nitrogen functional groups attached to an aromatic ring is 1. The minimum absolute atomic E-state index is 0.191. The van der Waals surface area contributed by atoms with Gasteiger partial charge in [-0.05, 0) is 17.3 Å². The Hall–Kier alpha value is -2.08. The number of rotatable bonds is 18. The van der Waals surface area contributed by atoms with Gasteiger partial charge < -0.3 is 36.1 Å². The minimum Gasteiger partial charge on any atom is -0.748 e. The van der Waals surface area contributed by atoms with Gasteiger partial charge in [0.05, 0.1) is 22.7 Å². The van der Waals surface area contributed by atoms with Crippen molar-refractivity contribution in [2.24, 2.45) is 5.73 Å². The molecule has 6 atom stereocenters. The number of nitrogens with two attached hydrogens (primary N) is 2. The van der Waals surface area contributed by atoms with Crippen LogP contribution in [-0.2, 0) is 30.5 Å². The Balaban J connectivity index is 0.000000347. The Bertz CT molecular complexity index is 1220. The Morgan fingerprint density at radius 3 is 2.26 bits per heavy atom. The molecule has 1 aliphatic heterocycles. The number of carboxylic acid groups (broad SMARTS) is 1. The Morgan fingerprint density at radius 1 is 1.07 bits per heavy atom. The van der Waals surface area contributed by atoms with Crippen LogP contribution in [0.25, 0.3) is 11.2 Å². The first-order valence-electron chi connectivity index (χ1n) is 14.8. The molecule has 1 aliphatic rings. The van der Waals surface area contributed by atoms with Crippen molar-refractivity contribution in [1.82, 2.24) is 19.5 Å². The van der Waals surface area contributed by atoms with Crippen LogP contribution in [0, 0.1) is 0 Å². The molecule has 3 heterocycles. The number of aromatic nitrogens is 4. The fourth-order valence-electron chi connectivity index (χ4n) is 4.73. The first-order chi connectivity index (χ1) is 20.4. The molecule has 0 aliphatic carbocycles. The summed E-state index contributed by atoms with van der Waals surface area (Å²) in [6, 6.07) is -0.907. The van der Waals surface area contributed by atoms with Gasteiger partial charge in [0.15, 0.2) is 17.7 Å². The molecule has 2 aromatic rings. The van der Waals surface area contributed by atoms with E-state index in [9.17, 15) is 28.0 Å². The van der Waals surface area contributed by atoms with Gasteiger partial charge in [0.25, 0.3) is 0 Å². The lowest BCUT2D eigenvalue weighted by molar-refractivity contribution is -0.138. The van der Waals surface area contributed by atoms with E-state index in [1.54, 1.807) is 0 Å². The molecule has 1 saturated heterocycles. The van der Waals surface area contributed by atoms with Crippen LogP contribution in [-0.4, -0.2) is 102 Å². The number of carbonyl (C=O) groups is 1. The number of aliphatic hydroxyl groups is 2. The van der Waals surface area contributed by atoms with E-state index < -0.39 is 46.7 Å². The quantitative estimate of drug-likeness (QED) is 0.0876. The first kappa shape index (κ1) is 37.1. The number of hydrogen-bond donors (Lipinski definition) is 5. The zero-order valence-corrected chi connectivity index (χ0v) is 26.7. The molecule has 2 aromatic heterocycles. The summed E-state index contributed by atoms with van der Waals surface area (Å²) in [6.07, 6.45) is 12.8. The number of fused-ring (bicyclic) bond motifs is 1. The van der Waals surface area contributed by atoms with Crippen molar-refractivity contribution in [2.75, 3.05) is 29.2 Å². The average molecular weight is 649 g/mol. The molecular weight excluding hydrogens is 600 g/mol. The maximum atomic E-state index is 10.8. The molecule has 0 radical (unpaired) electrons. The highest BCUT2D eigenvalue weighted by molar-refractivity contribution is 7.96. The molecule has 0 spiro atoms. The van der Waals surface area contributed by atoms with Gasteiger partial charge in [0.2, 0.25) is 0 Å². The van der Waals surface area contributed by atoms with Gasteiger partial charge in [0.1, 0.15) is 47.7 Å². The van der Waals surface area contributed by atoms with Crippen LogP contribution < -0.4 is 11.5 Å². The molecule has 7 N–H and O–H groups in total. The van der Waals surface area contributed by atoms with Crippen LogP contribution in [0.1, 0.15) is 83.8 Å². The average Bonchev–Trinajstić information content (AvgIpc) is 3.50. The molecule has 0 bridgehead atoms. The normalized spacial score (nSPS) is 21.8. The van der Waals surface area contributed by atoms with E-state index in [1.807, 2.05) is 6.26 Å². The highest BCUT2D eigenvalue weighted by atomic mass is 32.2. The predicted octanol–water partition coefficient (Wildman–Crippen LogP) is 1.53. The SMILES string of the molecule is CCCCCCCCCCCCS(=O)(=O)[O-].C[S+](CC[C@H](N)C(=O)O)C[C@H]1O[C@@H](n2cnc3c(N)ncnc32)[C@H](O)[C@@H]1O. The molecule has 43 heavy (non-hydrogen) atoms. The summed E-state index contributed by atoms with van der Waals surface area (Å²) in [5.41, 5.74) is 12.1. The van der Waals surface area contributed by atoms with E-state index in [1.165, 1.54) is 62.2 Å². The van der Waals surface area contributed by atoms with Gasteiger partial charge in [-0.25, -0.2) is 23.4 Å². The molecular formula is C27H48N6O8S2. The molecule has 3 rings (SSSR count). The monoisotopic (exact) mass is 648 g/mol. The van der Waals surface area contributed by atoms with E-state index in [4.69, 9.17) is 21.3 Å². The highest BCUT2D eigenvalue weighted by Gasteiger charge is 2.46. The van der Waals surface area contributed by atoms with Crippen molar-refractivity contribution in [1.29, 1.82) is 0 Å². The summed E-state index contributed by atoms with van der Waals surface area (Å²) in [7, 11) is -4.22. The standard InChI is InChI=1S/C15H22N6O5S.C12H26O3S/c1-27(3-2-7(16)15(24)25)4-8-10(22)11(23)14(26-8)21-6-20-9-12(17)18-5-19-13(9)21;1-2-3-4-5-6-7-8-9-10-11-12-16(13,14)15/h5-8,10-11,14,22-23H,2-4,16H2,1H3,(H2-,17,18,19,24,25);2-12H2,1H3,(H,13,14,15)/t7-,8+,10+,11+,14+,27?;/m0./s1. The smallest absolute Gasteiger partial charge is 0.320 e. The number of aliphatic hydroxyl groups excluding tert-OH is 2. The van der Waals surface area contributed by atoms with Crippen molar-refractivity contribution in [3.8, 4) is 0 Å². The predicted molar refractivity (Wildman–Crippen MR) is 165 cm³/mol. The number of carboxylic acids is 1. The third-order valence-electron chi connectivity index (χ3n) is 7.29. The lowest BCUT2D eigenvalue weighted by Crippen LogP contribution is -2.37. The van der Waals surface area contributed by atoms with Gasteiger partial charge in [-0.2, -0.15) is 0 Å². The zero-order valence-electron chi connectivity index (χ0n) is 25.1. The Labute approximate surface area is 256 Å². The van der Waals surface area contributed by atoms with Crippen LogP contribution in [0.3, 0.4) is 0 Å². The minimum atomic E-state index is -3.98. The Kier molecular flexibility index (Phi) is 16.1. The van der Waals surface area contributed by atoms with E-state index in [0.29, 0.717) is 35.5 Å². The third kappa shape index (κ3) is 12.8. The lowest BCUT2D eigenvalue weighted by atomic mass is 10.1. The topological polar surface area (TPSA) is 240 Å². The maximum Gasteiger partial charge on any atom is 0.320 e. The number of hydrogen-bond acceptors (Lipinski definition) is 12. The van der Waals surface area contributed by atoms with Crippen molar-refractivity contribution >= 4 is 44.0 Å². The van der Waals surface area contributed by atoms with Crippen LogP contribution >= 0.6 is 0 Å². The number of unbranched alkanes of at least 4 members (excludes halogenated alkanes) is 9. The summed E-state index contributed by atoms with van der Waals surface area (Å²) in [5.74, 6) is 0.0634. The van der Waals surface area contributed by atoms with Crippen molar-refractivity contribution in [2.45, 2.75) is 108 Å². The first-order valence-corrected chi connectivity index (χ1v) is 18.4. The fourth-order valence-corrected chi connectivity index (χ4v) is 6.95. The van der Waals surface area contributed by atoms with E-state index >= 15 is 0 Å². The molecule has 0 saturated carbocycles. The fraction of sp³-hybridized carbons (Fsp3) is 0.778. The van der Waals surface area contributed by atoms with Crippen molar-refractivity contribution < 1.29 is 37.8 Å². The number of anilines is 1. The number of nitrogens with zero attached hydrogens (tertiary/aromatic N) is 4. The molecule has 1 unspecified atom stereocenters. The number of imidazole rings is 1. The van der Waals surface area contributed by atoms with Crippen LogP contribution in [0.2, 0.25) is 0 Å². The van der Waals surface area contributed by atoms with Crippen LogP contribution in [0.5, 0.6) is 0 Å². The van der Waals surface area contributed by atoms with Crippen LogP contribution in [0.15, 0.2) is 12.7 Å². The van der Waals surface area contributed by atoms with E-state index in [-0.39, 0.29) is 22.5 Å². The number of ether oxygens (including phenoxy) is 1. The van der Waals surface area contributed by atoms with Gasteiger partial charge >= 0.3 is 5.97 Å². The largest absolute Gasteiger partial charge is 0.748 e. The second-order valence-electron chi connectivity index (χ2n) is 11.0. The molecule has 1 fully saturated rings. The summed E-state index contributed by atoms with van der Waals surface area (Å²) >= 11 is 0. The second-order valence-corrected chi connectivity index (χ2v) is 14.8. The van der Waals surface area contributed by atoms with Gasteiger partial charge in [-0.1, -0.05) is 64.7 Å². The summed E-state index contributed by atoms with van der Waals surface area (Å²) in [4.78, 5) is 23.0. The van der Waals surface area contributed by atoms with E-state index in [0.717, 1.165) is 12.8 Å². The summed E-state index contributed by atoms with van der Waals surface area (Å²) in [5, 5.41) is 29.7. The maximum absolute atomic E-state index is 10.8. The summed E-state index contributed by atoms with van der Waals surface area (Å²) in [6.45, 7) is 2.21. The van der Waals surface area contributed by atoms with Gasteiger partial charge in [-0.3, -0.25) is 9.36 Å². The van der Waals surface area contributed by atoms with Crippen molar-refractivity contribution in [3.05, 3.63) is 12.7 Å². The van der Waals surface area contributed by atoms with Gasteiger partial charge in [0, 0.05) is 12.2 Å². The lowest BCUT2D eigenvalue weighted by Gasteiger charge is -2.16. The molecule has 0 aromatic carbocycles. The highest BCUT2D eigenvalue weighted by Crippen LogP contribution is 2.32.